The molecule has 0 radical (unpaired) electrons. The van der Waals surface area contributed by atoms with Gasteiger partial charge in [-0.05, 0) is 54.8 Å². The van der Waals surface area contributed by atoms with Crippen LogP contribution >= 0.6 is 11.8 Å². The molecule has 144 valence electrons. The summed E-state index contributed by atoms with van der Waals surface area (Å²) in [5, 5.41) is 3.03. The van der Waals surface area contributed by atoms with Crippen LogP contribution in [0, 0.1) is 0 Å². The summed E-state index contributed by atoms with van der Waals surface area (Å²) >= 11 is 1.63. The number of carbonyl (C=O) groups excluding carboxylic acids is 1. The average Bonchev–Trinajstić information content (AvgIpc) is 3.20. The SMILES string of the molecule is COc1ccc(CSCC(=O)NCc2cccc(CN3CCCC3)c2)cc1. The van der Waals surface area contributed by atoms with Crippen LogP contribution in [-0.2, 0) is 23.6 Å². The number of benzene rings is 2. The van der Waals surface area contributed by atoms with Gasteiger partial charge in [-0.3, -0.25) is 9.69 Å². The van der Waals surface area contributed by atoms with Crippen LogP contribution in [0.2, 0.25) is 0 Å². The van der Waals surface area contributed by atoms with Gasteiger partial charge in [-0.2, -0.15) is 0 Å². The summed E-state index contributed by atoms with van der Waals surface area (Å²) in [5.74, 6) is 2.23. The van der Waals surface area contributed by atoms with Gasteiger partial charge >= 0.3 is 0 Å². The molecular formula is C22H28N2O2S. The van der Waals surface area contributed by atoms with Crippen molar-refractivity contribution in [2.75, 3.05) is 26.0 Å². The first-order valence-electron chi connectivity index (χ1n) is 9.50. The summed E-state index contributed by atoms with van der Waals surface area (Å²) < 4.78 is 5.16. The second kappa shape index (κ2) is 10.4. The second-order valence-electron chi connectivity index (χ2n) is 6.92. The Morgan fingerprint density at radius 1 is 1.07 bits per heavy atom. The van der Waals surface area contributed by atoms with Crippen LogP contribution in [0.4, 0.5) is 0 Å². The molecule has 0 atom stereocenters. The molecule has 0 spiro atoms. The van der Waals surface area contributed by atoms with Crippen LogP contribution in [0.25, 0.3) is 0 Å². The minimum Gasteiger partial charge on any atom is -0.497 e. The maximum atomic E-state index is 12.1. The van der Waals surface area contributed by atoms with Gasteiger partial charge in [0.2, 0.25) is 5.91 Å². The van der Waals surface area contributed by atoms with E-state index in [9.17, 15) is 4.79 Å². The molecular weight excluding hydrogens is 356 g/mol. The number of nitrogens with one attached hydrogen (secondary N) is 1. The maximum Gasteiger partial charge on any atom is 0.230 e. The molecule has 1 aliphatic heterocycles. The fraction of sp³-hybridized carbons (Fsp3) is 0.409. The normalized spacial score (nSPS) is 14.3. The average molecular weight is 385 g/mol. The largest absolute Gasteiger partial charge is 0.497 e. The number of carbonyl (C=O) groups is 1. The monoisotopic (exact) mass is 384 g/mol. The van der Waals surface area contributed by atoms with E-state index < -0.39 is 0 Å². The number of methoxy groups -OCH3 is 1. The molecule has 1 amide bonds. The van der Waals surface area contributed by atoms with Crippen LogP contribution in [0.3, 0.4) is 0 Å². The van der Waals surface area contributed by atoms with Gasteiger partial charge in [0, 0.05) is 18.8 Å². The zero-order chi connectivity index (χ0) is 18.9. The van der Waals surface area contributed by atoms with Crippen molar-refractivity contribution >= 4 is 17.7 Å². The molecule has 1 aliphatic rings. The summed E-state index contributed by atoms with van der Waals surface area (Å²) in [6, 6.07) is 16.5. The highest BCUT2D eigenvalue weighted by atomic mass is 32.2. The molecule has 0 saturated carbocycles. The van der Waals surface area contributed by atoms with Gasteiger partial charge in [-0.15, -0.1) is 11.8 Å². The number of amides is 1. The first-order valence-corrected chi connectivity index (χ1v) is 10.7. The van der Waals surface area contributed by atoms with Crippen LogP contribution in [-0.4, -0.2) is 36.8 Å². The Morgan fingerprint density at radius 3 is 2.56 bits per heavy atom. The topological polar surface area (TPSA) is 41.6 Å². The van der Waals surface area contributed by atoms with Gasteiger partial charge < -0.3 is 10.1 Å². The fourth-order valence-corrected chi connectivity index (χ4v) is 4.09. The molecule has 5 heteroatoms. The van der Waals surface area contributed by atoms with Crippen LogP contribution in [0.15, 0.2) is 48.5 Å². The number of thioether (sulfide) groups is 1. The van der Waals surface area contributed by atoms with E-state index in [1.165, 1.54) is 42.6 Å². The first kappa shape index (κ1) is 19.8. The standard InChI is InChI=1S/C22H28N2O2S/c1-26-21-9-7-18(8-10-21)16-27-17-22(25)23-14-19-5-4-6-20(13-19)15-24-11-2-3-12-24/h4-10,13H,2-3,11-12,14-17H2,1H3,(H,23,25). The minimum atomic E-state index is 0.0819. The molecule has 3 rings (SSSR count). The third kappa shape index (κ3) is 6.60. The Morgan fingerprint density at radius 2 is 1.81 bits per heavy atom. The van der Waals surface area contributed by atoms with Crippen molar-refractivity contribution in [3.8, 4) is 5.75 Å². The predicted octanol–water partition coefficient (Wildman–Crippen LogP) is 3.84. The number of likely N-dealkylation sites (tertiary alicyclic amines) is 1. The minimum absolute atomic E-state index is 0.0819. The van der Waals surface area contributed by atoms with Gasteiger partial charge in [0.25, 0.3) is 0 Å². The Kier molecular flexibility index (Phi) is 7.60. The smallest absolute Gasteiger partial charge is 0.230 e. The molecule has 2 aromatic rings. The van der Waals surface area contributed by atoms with E-state index in [4.69, 9.17) is 4.74 Å². The number of ether oxygens (including phenoxy) is 1. The van der Waals surface area contributed by atoms with E-state index in [2.05, 4.69) is 34.5 Å². The van der Waals surface area contributed by atoms with Gasteiger partial charge in [0.1, 0.15) is 5.75 Å². The van der Waals surface area contributed by atoms with Crippen molar-refractivity contribution in [1.29, 1.82) is 0 Å². The third-order valence-corrected chi connectivity index (χ3v) is 5.75. The van der Waals surface area contributed by atoms with E-state index in [1.54, 1.807) is 18.9 Å². The molecule has 1 N–H and O–H groups in total. The zero-order valence-corrected chi connectivity index (χ0v) is 16.8. The van der Waals surface area contributed by atoms with Crippen molar-refractivity contribution in [1.82, 2.24) is 10.2 Å². The lowest BCUT2D eigenvalue weighted by Crippen LogP contribution is -2.24. The highest BCUT2D eigenvalue weighted by molar-refractivity contribution is 7.99. The number of hydrogen-bond acceptors (Lipinski definition) is 4. The molecule has 1 fully saturated rings. The van der Waals surface area contributed by atoms with Crippen molar-refractivity contribution in [3.05, 3.63) is 65.2 Å². The number of hydrogen-bond donors (Lipinski definition) is 1. The fourth-order valence-electron chi connectivity index (χ4n) is 3.27. The Labute approximate surface area is 166 Å². The predicted molar refractivity (Wildman–Crippen MR) is 112 cm³/mol. The zero-order valence-electron chi connectivity index (χ0n) is 15.9. The quantitative estimate of drug-likeness (QED) is 0.713. The van der Waals surface area contributed by atoms with Gasteiger partial charge in [-0.25, -0.2) is 0 Å². The van der Waals surface area contributed by atoms with Gasteiger partial charge in [0.05, 0.1) is 12.9 Å². The Bertz CT molecular complexity index is 727. The summed E-state index contributed by atoms with van der Waals surface area (Å²) in [6.07, 6.45) is 2.62. The molecule has 27 heavy (non-hydrogen) atoms. The molecule has 0 aromatic heterocycles. The highest BCUT2D eigenvalue weighted by Crippen LogP contribution is 2.17. The molecule has 1 heterocycles. The number of nitrogens with zero attached hydrogens (tertiary/aromatic N) is 1. The van der Waals surface area contributed by atoms with Crippen molar-refractivity contribution in [2.24, 2.45) is 0 Å². The molecule has 0 aliphatic carbocycles. The summed E-state index contributed by atoms with van der Waals surface area (Å²) in [4.78, 5) is 14.6. The van der Waals surface area contributed by atoms with Gasteiger partial charge in [0.15, 0.2) is 0 Å². The lowest BCUT2D eigenvalue weighted by atomic mass is 10.1. The maximum absolute atomic E-state index is 12.1. The summed E-state index contributed by atoms with van der Waals surface area (Å²) in [6.45, 7) is 4.01. The van der Waals surface area contributed by atoms with Crippen molar-refractivity contribution < 1.29 is 9.53 Å². The molecule has 2 aromatic carbocycles. The lowest BCUT2D eigenvalue weighted by molar-refractivity contribution is -0.118. The molecule has 0 unspecified atom stereocenters. The first-order chi connectivity index (χ1) is 13.2. The summed E-state index contributed by atoms with van der Waals surface area (Å²) in [5.41, 5.74) is 3.70. The van der Waals surface area contributed by atoms with E-state index >= 15 is 0 Å². The van der Waals surface area contributed by atoms with E-state index in [1.807, 2.05) is 24.3 Å². The van der Waals surface area contributed by atoms with Crippen LogP contribution in [0.1, 0.15) is 29.5 Å². The van der Waals surface area contributed by atoms with Crippen molar-refractivity contribution in [3.63, 3.8) is 0 Å². The second-order valence-corrected chi connectivity index (χ2v) is 7.91. The van der Waals surface area contributed by atoms with Crippen LogP contribution < -0.4 is 10.1 Å². The molecule has 0 bridgehead atoms. The molecule has 4 nitrogen and oxygen atoms in total. The van der Waals surface area contributed by atoms with E-state index in [-0.39, 0.29) is 5.91 Å². The lowest BCUT2D eigenvalue weighted by Gasteiger charge is -2.15. The highest BCUT2D eigenvalue weighted by Gasteiger charge is 2.11. The van der Waals surface area contributed by atoms with Crippen molar-refractivity contribution in [2.45, 2.75) is 31.7 Å². The number of rotatable bonds is 9. The Balaban J connectivity index is 1.38. The van der Waals surface area contributed by atoms with Gasteiger partial charge in [-0.1, -0.05) is 36.4 Å². The van der Waals surface area contributed by atoms with E-state index in [0.29, 0.717) is 12.3 Å². The van der Waals surface area contributed by atoms with Crippen LogP contribution in [0.5, 0.6) is 5.75 Å². The summed E-state index contributed by atoms with van der Waals surface area (Å²) in [7, 11) is 1.66. The molecule has 1 saturated heterocycles. The van der Waals surface area contributed by atoms with E-state index in [0.717, 1.165) is 18.0 Å². The third-order valence-electron chi connectivity index (χ3n) is 4.75. The Hall–Kier alpha value is -1.98.